The number of hydrogen-bond donors (Lipinski definition) is 0. The fraction of sp³-hybridized carbons (Fsp3) is 0.111. The topological polar surface area (TPSA) is 90.7 Å². The van der Waals surface area contributed by atoms with Gasteiger partial charge >= 0.3 is 0 Å². The minimum absolute atomic E-state index is 0.0322. The molecule has 0 heterocycles. The first-order valence-electron chi connectivity index (χ1n) is 3.70. The largest absolute Gasteiger partial charge is 0.291 e. The van der Waals surface area contributed by atoms with Gasteiger partial charge in [-0.15, -0.1) is 0 Å². The molecule has 0 saturated heterocycles. The average Bonchev–Trinajstić information content (AvgIpc) is 2.16. The molecule has 5 nitrogen and oxygen atoms in total. The summed E-state index contributed by atoms with van der Waals surface area (Å²) in [4.78, 5) is 9.97. The number of rotatable bonds is 1. The van der Waals surface area contributed by atoms with Gasteiger partial charge in [-0.25, -0.2) is 0 Å². The quantitative estimate of drug-likeness (QED) is 0.493. The Morgan fingerprint density at radius 2 is 2.00 bits per heavy atom. The maximum Gasteiger partial charge on any atom is 0.291 e. The summed E-state index contributed by atoms with van der Waals surface area (Å²) in [7, 11) is 0. The lowest BCUT2D eigenvalue weighted by molar-refractivity contribution is -0.385. The molecule has 0 aliphatic heterocycles. The van der Waals surface area contributed by atoms with Crippen LogP contribution >= 0.6 is 0 Å². The Balaban J connectivity index is 3.64. The summed E-state index contributed by atoms with van der Waals surface area (Å²) >= 11 is 0. The summed E-state index contributed by atoms with van der Waals surface area (Å²) in [5.41, 5.74) is -0.0422. The van der Waals surface area contributed by atoms with Crippen molar-refractivity contribution in [3.8, 4) is 12.1 Å². The van der Waals surface area contributed by atoms with Crippen LogP contribution in [-0.2, 0) is 0 Å². The zero-order valence-corrected chi connectivity index (χ0v) is 7.31. The molecule has 68 valence electrons. The van der Waals surface area contributed by atoms with Crippen LogP contribution < -0.4 is 0 Å². The highest BCUT2D eigenvalue weighted by Gasteiger charge is 2.20. The summed E-state index contributed by atoms with van der Waals surface area (Å²) < 4.78 is 0. The molecule has 0 amide bonds. The maximum absolute atomic E-state index is 10.6. The number of nitrogens with zero attached hydrogens (tertiary/aromatic N) is 3. The van der Waals surface area contributed by atoms with E-state index in [0.717, 1.165) is 0 Å². The highest BCUT2D eigenvalue weighted by atomic mass is 16.6. The minimum atomic E-state index is -0.644. The van der Waals surface area contributed by atoms with Crippen molar-refractivity contribution in [3.05, 3.63) is 38.9 Å². The van der Waals surface area contributed by atoms with E-state index >= 15 is 0 Å². The predicted octanol–water partition coefficient (Wildman–Crippen LogP) is 1.65. The molecule has 0 atom stereocenters. The van der Waals surface area contributed by atoms with E-state index in [4.69, 9.17) is 10.5 Å². The highest BCUT2D eigenvalue weighted by molar-refractivity contribution is 5.61. The Morgan fingerprint density at radius 1 is 1.36 bits per heavy atom. The smallest absolute Gasteiger partial charge is 0.258 e. The van der Waals surface area contributed by atoms with Crippen molar-refractivity contribution in [1.29, 1.82) is 10.5 Å². The van der Waals surface area contributed by atoms with E-state index in [2.05, 4.69) is 0 Å². The van der Waals surface area contributed by atoms with Crippen molar-refractivity contribution >= 4 is 5.69 Å². The van der Waals surface area contributed by atoms with Crippen molar-refractivity contribution in [1.82, 2.24) is 0 Å². The molecule has 0 spiro atoms. The van der Waals surface area contributed by atoms with Gasteiger partial charge in [-0.2, -0.15) is 10.5 Å². The van der Waals surface area contributed by atoms with Crippen LogP contribution in [0.5, 0.6) is 0 Å². The molecule has 0 N–H and O–H groups in total. The Labute approximate surface area is 80.0 Å². The summed E-state index contributed by atoms with van der Waals surface area (Å²) in [6, 6.07) is 6.27. The number of nitro benzene ring substituents is 1. The van der Waals surface area contributed by atoms with Gasteiger partial charge in [-0.1, -0.05) is 6.07 Å². The van der Waals surface area contributed by atoms with Crippen molar-refractivity contribution in [2.75, 3.05) is 0 Å². The first-order chi connectivity index (χ1) is 6.61. The van der Waals surface area contributed by atoms with Gasteiger partial charge in [0.1, 0.15) is 17.7 Å². The molecule has 14 heavy (non-hydrogen) atoms. The zero-order chi connectivity index (χ0) is 10.7. The van der Waals surface area contributed by atoms with E-state index in [1.807, 2.05) is 0 Å². The van der Waals surface area contributed by atoms with Gasteiger partial charge in [-0.3, -0.25) is 10.1 Å². The van der Waals surface area contributed by atoms with Gasteiger partial charge in [0.05, 0.1) is 10.5 Å². The van der Waals surface area contributed by atoms with Crippen molar-refractivity contribution < 1.29 is 4.92 Å². The van der Waals surface area contributed by atoms with Crippen LogP contribution in [0.2, 0.25) is 0 Å². The summed E-state index contributed by atoms with van der Waals surface area (Å²) in [6.07, 6.45) is 0. The normalized spacial score (nSPS) is 8.79. The Bertz CT molecular complexity index is 480. The first kappa shape index (κ1) is 9.69. The Morgan fingerprint density at radius 3 is 2.43 bits per heavy atom. The summed E-state index contributed by atoms with van der Waals surface area (Å²) in [5.74, 6) is 0. The van der Waals surface area contributed by atoms with E-state index in [1.165, 1.54) is 19.1 Å². The van der Waals surface area contributed by atoms with E-state index in [-0.39, 0.29) is 16.8 Å². The lowest BCUT2D eigenvalue weighted by Gasteiger charge is -1.99. The number of hydrogen-bond acceptors (Lipinski definition) is 4. The fourth-order valence-corrected chi connectivity index (χ4v) is 1.14. The van der Waals surface area contributed by atoms with Crippen molar-refractivity contribution in [2.45, 2.75) is 6.92 Å². The standard InChI is InChI=1S/C9H5N3O2/c1-6-2-3-7(4-10)8(5-11)9(6)12(13)14/h2-3H,1H3. The molecule has 0 fully saturated rings. The van der Waals surface area contributed by atoms with Gasteiger partial charge in [0.25, 0.3) is 5.69 Å². The van der Waals surface area contributed by atoms with E-state index in [9.17, 15) is 10.1 Å². The monoisotopic (exact) mass is 187 g/mol. The molecule has 0 radical (unpaired) electrons. The SMILES string of the molecule is Cc1ccc(C#N)c(C#N)c1[N+](=O)[O-]. The number of nitro groups is 1. The molecule has 0 aliphatic carbocycles. The maximum atomic E-state index is 10.6. The number of aryl methyl sites for hydroxylation is 1. The zero-order valence-electron chi connectivity index (χ0n) is 7.31. The van der Waals surface area contributed by atoms with Gasteiger partial charge in [0, 0.05) is 5.56 Å². The average molecular weight is 187 g/mol. The van der Waals surface area contributed by atoms with Gasteiger partial charge in [-0.05, 0) is 13.0 Å². The third-order valence-corrected chi connectivity index (χ3v) is 1.79. The second kappa shape index (κ2) is 3.55. The Hall–Kier alpha value is -2.40. The molecule has 0 unspecified atom stereocenters. The van der Waals surface area contributed by atoms with E-state index < -0.39 is 4.92 Å². The molecular formula is C9H5N3O2. The van der Waals surface area contributed by atoms with E-state index in [0.29, 0.717) is 5.56 Å². The van der Waals surface area contributed by atoms with Crippen molar-refractivity contribution in [3.63, 3.8) is 0 Å². The molecule has 0 aromatic heterocycles. The molecule has 1 rings (SSSR count). The fourth-order valence-electron chi connectivity index (χ4n) is 1.14. The van der Waals surface area contributed by atoms with Crippen LogP contribution in [0.4, 0.5) is 5.69 Å². The molecule has 0 bridgehead atoms. The van der Waals surface area contributed by atoms with Crippen LogP contribution in [0, 0.1) is 39.7 Å². The molecule has 0 saturated carbocycles. The summed E-state index contributed by atoms with van der Waals surface area (Å²) in [6.45, 7) is 1.53. The number of nitriles is 2. The van der Waals surface area contributed by atoms with E-state index in [1.54, 1.807) is 12.1 Å². The third kappa shape index (κ3) is 1.39. The van der Waals surface area contributed by atoms with Crippen LogP contribution in [0.15, 0.2) is 12.1 Å². The molecule has 0 aliphatic rings. The first-order valence-corrected chi connectivity index (χ1v) is 3.70. The van der Waals surface area contributed by atoms with Gasteiger partial charge in [0.15, 0.2) is 0 Å². The minimum Gasteiger partial charge on any atom is -0.258 e. The summed E-state index contributed by atoms with van der Waals surface area (Å²) in [5, 5.41) is 27.9. The third-order valence-electron chi connectivity index (χ3n) is 1.79. The van der Waals surface area contributed by atoms with Crippen LogP contribution in [0.1, 0.15) is 16.7 Å². The highest BCUT2D eigenvalue weighted by Crippen LogP contribution is 2.25. The second-order valence-electron chi connectivity index (χ2n) is 2.63. The number of benzene rings is 1. The van der Waals surface area contributed by atoms with Crippen LogP contribution in [0.25, 0.3) is 0 Å². The van der Waals surface area contributed by atoms with Gasteiger partial charge < -0.3 is 0 Å². The predicted molar refractivity (Wildman–Crippen MR) is 47.3 cm³/mol. The Kier molecular flexibility index (Phi) is 2.45. The van der Waals surface area contributed by atoms with Gasteiger partial charge in [0.2, 0.25) is 0 Å². The molecule has 5 heteroatoms. The molecule has 1 aromatic carbocycles. The molecule has 1 aromatic rings. The lowest BCUT2D eigenvalue weighted by Crippen LogP contribution is -1.97. The van der Waals surface area contributed by atoms with Crippen LogP contribution in [0.3, 0.4) is 0 Å². The van der Waals surface area contributed by atoms with Crippen molar-refractivity contribution in [2.24, 2.45) is 0 Å². The van der Waals surface area contributed by atoms with Crippen LogP contribution in [-0.4, -0.2) is 4.92 Å². The lowest BCUT2D eigenvalue weighted by atomic mass is 10.0. The second-order valence-corrected chi connectivity index (χ2v) is 2.63. The molecular weight excluding hydrogens is 182 g/mol.